The number of halogens is 4. The Morgan fingerprint density at radius 1 is 1.06 bits per heavy atom. The quantitative estimate of drug-likeness (QED) is 0.284. The third-order valence-electron chi connectivity index (χ3n) is 8.06. The van der Waals surface area contributed by atoms with Gasteiger partial charge in [0.05, 0.1) is 29.7 Å². The van der Waals surface area contributed by atoms with Crippen LogP contribution in [0.1, 0.15) is 38.7 Å². The minimum Gasteiger partial charge on any atom is -0.388 e. The summed E-state index contributed by atoms with van der Waals surface area (Å²) in [6, 6.07) is 21.1. The Morgan fingerprint density at radius 2 is 1.68 bits per heavy atom. The second-order valence-corrected chi connectivity index (χ2v) is 12.6. The van der Waals surface area contributed by atoms with Crippen molar-refractivity contribution in [1.29, 1.82) is 0 Å². The van der Waals surface area contributed by atoms with Crippen LogP contribution in [0, 0.1) is 0 Å². The van der Waals surface area contributed by atoms with E-state index in [1.54, 1.807) is 15.5 Å². The fourth-order valence-electron chi connectivity index (χ4n) is 5.56. The van der Waals surface area contributed by atoms with E-state index in [-0.39, 0.29) is 23.6 Å². The summed E-state index contributed by atoms with van der Waals surface area (Å²) in [4.78, 5) is 32.2. The molecule has 254 valence electrons. The van der Waals surface area contributed by atoms with E-state index in [4.69, 9.17) is 16.3 Å². The van der Waals surface area contributed by atoms with Crippen molar-refractivity contribution in [1.82, 2.24) is 24.3 Å². The molecule has 0 atom stereocenters. The number of piperidine rings is 1. The lowest BCUT2D eigenvalue weighted by molar-refractivity contribution is -0.135. The number of nitrogens with one attached hydrogen (secondary N) is 1. The SMILES string of the molecule is CC1(C)CNCCO1.FC(F)F.O=C(CCc1ccccc1)N1CCC(O)(Cn2cnc3c(cc(Cl)n3-c3ccccc3)c2=O)CC1. The molecule has 0 aliphatic carbocycles. The summed E-state index contributed by atoms with van der Waals surface area (Å²) in [6.07, 6.45) is 3.42. The molecule has 0 spiro atoms. The zero-order chi connectivity index (χ0) is 34.0. The van der Waals surface area contributed by atoms with Crippen molar-refractivity contribution < 1.29 is 27.8 Å². The summed E-state index contributed by atoms with van der Waals surface area (Å²) in [6.45, 7) is 4.41. The summed E-state index contributed by atoms with van der Waals surface area (Å²) >= 11 is 6.44. The highest BCUT2D eigenvalue weighted by Crippen LogP contribution is 2.27. The van der Waals surface area contributed by atoms with Gasteiger partial charge in [-0.1, -0.05) is 60.1 Å². The van der Waals surface area contributed by atoms with Gasteiger partial charge in [-0.05, 0) is 56.9 Å². The molecule has 13 heteroatoms. The number of aryl methyl sites for hydroxylation is 1. The molecule has 2 fully saturated rings. The number of likely N-dealkylation sites (tertiary alicyclic amines) is 1. The van der Waals surface area contributed by atoms with Crippen LogP contribution in [0.15, 0.2) is 77.9 Å². The van der Waals surface area contributed by atoms with Gasteiger partial charge in [0.15, 0.2) is 5.65 Å². The zero-order valence-electron chi connectivity index (χ0n) is 26.5. The fraction of sp³-hybridized carbons (Fsp3) is 0.441. The monoisotopic (exact) mass is 675 g/mol. The van der Waals surface area contributed by atoms with E-state index in [2.05, 4.69) is 24.1 Å². The predicted molar refractivity (Wildman–Crippen MR) is 176 cm³/mol. The van der Waals surface area contributed by atoms with Crippen molar-refractivity contribution in [2.45, 2.75) is 64.0 Å². The average Bonchev–Trinajstić information content (AvgIpc) is 3.39. The molecule has 2 aliphatic rings. The highest BCUT2D eigenvalue weighted by atomic mass is 35.5. The average molecular weight is 676 g/mol. The van der Waals surface area contributed by atoms with E-state index in [0.717, 1.165) is 30.9 Å². The molecule has 2 aromatic heterocycles. The van der Waals surface area contributed by atoms with E-state index in [1.807, 2.05) is 60.7 Å². The van der Waals surface area contributed by atoms with Crippen molar-refractivity contribution in [3.8, 4) is 5.69 Å². The van der Waals surface area contributed by atoms with Gasteiger partial charge in [-0.3, -0.25) is 18.7 Å². The highest BCUT2D eigenvalue weighted by molar-refractivity contribution is 6.31. The number of benzene rings is 2. The topological polar surface area (TPSA) is 102 Å². The molecular formula is C34H41ClF3N5O4. The van der Waals surface area contributed by atoms with Gasteiger partial charge in [-0.25, -0.2) is 4.98 Å². The predicted octanol–water partition coefficient (Wildman–Crippen LogP) is 5.39. The molecular weight excluding hydrogens is 635 g/mol. The van der Waals surface area contributed by atoms with Crippen LogP contribution in [0.4, 0.5) is 13.2 Å². The largest absolute Gasteiger partial charge is 0.388 e. The van der Waals surface area contributed by atoms with E-state index < -0.39 is 12.3 Å². The molecule has 0 saturated carbocycles. The Kier molecular flexibility index (Phi) is 12.6. The lowest BCUT2D eigenvalue weighted by atomic mass is 9.91. The first-order chi connectivity index (χ1) is 22.4. The Morgan fingerprint density at radius 3 is 2.23 bits per heavy atom. The minimum atomic E-state index is -3.67. The maximum absolute atomic E-state index is 13.2. The van der Waals surface area contributed by atoms with Crippen molar-refractivity contribution in [2.75, 3.05) is 32.8 Å². The van der Waals surface area contributed by atoms with E-state index in [1.165, 1.54) is 10.9 Å². The first-order valence-corrected chi connectivity index (χ1v) is 15.9. The first kappa shape index (κ1) is 36.1. The van der Waals surface area contributed by atoms with Gasteiger partial charge in [0.2, 0.25) is 5.91 Å². The molecule has 0 bridgehead atoms. The lowest BCUT2D eigenvalue weighted by Gasteiger charge is -2.38. The van der Waals surface area contributed by atoms with Crippen molar-refractivity contribution in [3.05, 3.63) is 94.1 Å². The molecule has 4 heterocycles. The number of aromatic nitrogens is 3. The highest BCUT2D eigenvalue weighted by Gasteiger charge is 2.34. The summed E-state index contributed by atoms with van der Waals surface area (Å²) in [5, 5.41) is 15.3. The standard InChI is InChI=1S/C27H27ClN4O3.C6H13NO.CHF3/c28-23-17-22-25(32(23)21-9-5-2-6-10-21)29-19-31(26(22)34)18-27(35)13-15-30(16-14-27)24(33)12-11-20-7-3-1-4-8-20;1-6(2)5-7-3-4-8-6;2-1(3)4/h1-10,17,19,35H,11-16,18H2;7H,3-5H2,1-2H3;1H. The summed E-state index contributed by atoms with van der Waals surface area (Å²) < 4.78 is 37.6. The van der Waals surface area contributed by atoms with Crippen LogP contribution in [0.2, 0.25) is 5.15 Å². The number of nitrogens with zero attached hydrogens (tertiary/aromatic N) is 4. The maximum Gasteiger partial charge on any atom is 0.379 e. The minimum absolute atomic E-state index is 0.0677. The number of hydrogen-bond donors (Lipinski definition) is 2. The Labute approximate surface area is 276 Å². The maximum atomic E-state index is 13.2. The molecule has 1 amide bonds. The number of rotatable bonds is 6. The van der Waals surface area contributed by atoms with E-state index >= 15 is 0 Å². The van der Waals surface area contributed by atoms with E-state index in [0.29, 0.717) is 55.0 Å². The second-order valence-electron chi connectivity index (χ2n) is 12.2. The van der Waals surface area contributed by atoms with Crippen LogP contribution in [0.25, 0.3) is 16.7 Å². The van der Waals surface area contributed by atoms with Gasteiger partial charge in [0.1, 0.15) is 11.5 Å². The van der Waals surface area contributed by atoms with Crippen LogP contribution < -0.4 is 10.9 Å². The number of amides is 1. The number of alkyl halides is 3. The molecule has 9 nitrogen and oxygen atoms in total. The number of fused-ring (bicyclic) bond motifs is 1. The van der Waals surface area contributed by atoms with Crippen LogP contribution in [-0.2, 0) is 22.5 Å². The third kappa shape index (κ3) is 10.4. The number of para-hydroxylation sites is 1. The normalized spacial score (nSPS) is 17.0. The van der Waals surface area contributed by atoms with Gasteiger partial charge in [-0.2, -0.15) is 13.2 Å². The van der Waals surface area contributed by atoms with Gasteiger partial charge >= 0.3 is 6.68 Å². The molecule has 2 aliphatic heterocycles. The Balaban J connectivity index is 0.000000352. The summed E-state index contributed by atoms with van der Waals surface area (Å²) in [5.74, 6) is 0.0908. The number of ether oxygens (including phenoxy) is 1. The molecule has 2 N–H and O–H groups in total. The van der Waals surface area contributed by atoms with E-state index in [9.17, 15) is 27.9 Å². The van der Waals surface area contributed by atoms with Crippen molar-refractivity contribution in [3.63, 3.8) is 0 Å². The third-order valence-corrected chi connectivity index (χ3v) is 8.34. The smallest absolute Gasteiger partial charge is 0.379 e. The second kappa shape index (κ2) is 16.4. The van der Waals surface area contributed by atoms with Crippen molar-refractivity contribution >= 4 is 28.5 Å². The molecule has 2 saturated heterocycles. The summed E-state index contributed by atoms with van der Waals surface area (Å²) in [5.41, 5.74) is 1.17. The van der Waals surface area contributed by atoms with Crippen LogP contribution in [0.5, 0.6) is 0 Å². The van der Waals surface area contributed by atoms with Crippen LogP contribution in [0.3, 0.4) is 0 Å². The Bertz CT molecular complexity index is 1630. The van der Waals surface area contributed by atoms with Gasteiger partial charge in [0, 0.05) is 38.3 Å². The first-order valence-electron chi connectivity index (χ1n) is 15.5. The number of aliphatic hydroxyl groups is 1. The number of carbonyl (C=O) groups excluding carboxylic acids is 1. The van der Waals surface area contributed by atoms with Crippen LogP contribution >= 0.6 is 11.6 Å². The number of hydrogen-bond acceptors (Lipinski definition) is 6. The molecule has 4 aromatic rings. The molecule has 0 radical (unpaired) electrons. The molecule has 0 unspecified atom stereocenters. The summed E-state index contributed by atoms with van der Waals surface area (Å²) in [7, 11) is 0. The molecule has 6 rings (SSSR count). The van der Waals surface area contributed by atoms with Gasteiger partial charge in [-0.15, -0.1) is 0 Å². The van der Waals surface area contributed by atoms with Gasteiger partial charge in [0.25, 0.3) is 5.56 Å². The molecule has 47 heavy (non-hydrogen) atoms. The fourth-order valence-corrected chi connectivity index (χ4v) is 5.85. The Hall–Kier alpha value is -3.71. The number of carbonyl (C=O) groups is 1. The van der Waals surface area contributed by atoms with Gasteiger partial charge < -0.3 is 20.1 Å². The molecule has 2 aromatic carbocycles. The zero-order valence-corrected chi connectivity index (χ0v) is 27.3. The number of morpholine rings is 1. The van der Waals surface area contributed by atoms with Crippen molar-refractivity contribution in [2.24, 2.45) is 0 Å². The van der Waals surface area contributed by atoms with Crippen LogP contribution in [-0.4, -0.2) is 80.7 Å². The lowest BCUT2D eigenvalue weighted by Crippen LogP contribution is -2.49.